The number of nitrogens with zero attached hydrogens (tertiary/aromatic N) is 1. The summed E-state index contributed by atoms with van der Waals surface area (Å²) >= 11 is 9.46. The van der Waals surface area contributed by atoms with Crippen LogP contribution in [0.15, 0.2) is 64.6 Å². The van der Waals surface area contributed by atoms with Gasteiger partial charge in [-0.2, -0.15) is 0 Å². The average molecular weight is 597 g/mol. The van der Waals surface area contributed by atoms with Gasteiger partial charge in [-0.25, -0.2) is 9.69 Å². The Morgan fingerprint density at radius 1 is 1.05 bits per heavy atom. The fourth-order valence-corrected chi connectivity index (χ4v) is 4.38. The first-order chi connectivity index (χ1) is 18.0. The highest BCUT2D eigenvalue weighted by molar-refractivity contribution is 9.10. The number of urea groups is 1. The monoisotopic (exact) mass is 595 g/mol. The first kappa shape index (κ1) is 27.1. The van der Waals surface area contributed by atoms with Crippen molar-refractivity contribution in [3.05, 3.63) is 91.9 Å². The molecule has 0 atom stereocenters. The fraction of sp³-hybridized carbons (Fsp3) is 0.143. The van der Waals surface area contributed by atoms with Gasteiger partial charge >= 0.3 is 6.03 Å². The van der Waals surface area contributed by atoms with Crippen LogP contribution in [0.3, 0.4) is 0 Å². The van der Waals surface area contributed by atoms with E-state index >= 15 is 0 Å². The normalized spacial score (nSPS) is 14.5. The van der Waals surface area contributed by atoms with Crippen molar-refractivity contribution < 1.29 is 23.9 Å². The van der Waals surface area contributed by atoms with Gasteiger partial charge in [0.25, 0.3) is 17.7 Å². The maximum Gasteiger partial charge on any atom is 0.335 e. The Labute approximate surface area is 232 Å². The Hall–Kier alpha value is -3.95. The Bertz CT molecular complexity index is 1520. The molecule has 8 nitrogen and oxygen atoms in total. The molecule has 1 fully saturated rings. The number of imide groups is 2. The van der Waals surface area contributed by atoms with Crippen LogP contribution in [0.5, 0.6) is 5.75 Å². The molecule has 0 aliphatic carbocycles. The van der Waals surface area contributed by atoms with Gasteiger partial charge in [0, 0.05) is 20.7 Å². The van der Waals surface area contributed by atoms with Gasteiger partial charge in [0.05, 0.1) is 5.69 Å². The maximum atomic E-state index is 13.4. The minimum absolute atomic E-state index is 0.257. The minimum Gasteiger partial charge on any atom is -0.483 e. The average Bonchev–Trinajstić information content (AvgIpc) is 2.86. The van der Waals surface area contributed by atoms with E-state index in [1.54, 1.807) is 43.3 Å². The first-order valence-corrected chi connectivity index (χ1v) is 12.7. The molecule has 1 heterocycles. The van der Waals surface area contributed by atoms with Gasteiger partial charge in [0.15, 0.2) is 6.61 Å². The van der Waals surface area contributed by atoms with Crippen LogP contribution in [-0.2, 0) is 14.4 Å². The number of barbiturate groups is 1. The molecule has 2 N–H and O–H groups in total. The van der Waals surface area contributed by atoms with Crippen LogP contribution >= 0.6 is 27.5 Å². The summed E-state index contributed by atoms with van der Waals surface area (Å²) in [7, 11) is 0. The highest BCUT2D eigenvalue weighted by atomic mass is 79.9. The lowest BCUT2D eigenvalue weighted by molar-refractivity contribution is -0.122. The Morgan fingerprint density at radius 3 is 2.58 bits per heavy atom. The summed E-state index contributed by atoms with van der Waals surface area (Å²) in [5.41, 5.74) is 3.62. The molecule has 0 spiro atoms. The third-order valence-electron chi connectivity index (χ3n) is 6.02. The summed E-state index contributed by atoms with van der Waals surface area (Å²) in [6.07, 6.45) is 1.32. The van der Waals surface area contributed by atoms with Crippen molar-refractivity contribution in [1.82, 2.24) is 5.32 Å². The fourth-order valence-electron chi connectivity index (χ4n) is 3.83. The second-order valence-electron chi connectivity index (χ2n) is 8.66. The van der Waals surface area contributed by atoms with Gasteiger partial charge in [-0.05, 0) is 79.9 Å². The van der Waals surface area contributed by atoms with Crippen molar-refractivity contribution in [2.24, 2.45) is 0 Å². The largest absolute Gasteiger partial charge is 0.483 e. The maximum absolute atomic E-state index is 13.4. The molecular formula is C28H23BrClN3O5. The molecule has 0 radical (unpaired) electrons. The van der Waals surface area contributed by atoms with Gasteiger partial charge in [-0.15, -0.1) is 0 Å². The molecule has 38 heavy (non-hydrogen) atoms. The lowest BCUT2D eigenvalue weighted by Crippen LogP contribution is -2.54. The third kappa shape index (κ3) is 5.79. The van der Waals surface area contributed by atoms with E-state index in [4.69, 9.17) is 16.3 Å². The molecule has 0 aromatic heterocycles. The number of rotatable bonds is 6. The Morgan fingerprint density at radius 2 is 1.82 bits per heavy atom. The molecule has 5 amide bonds. The number of carbonyl (C=O) groups excluding carboxylic acids is 4. The molecule has 4 rings (SSSR count). The zero-order valence-corrected chi connectivity index (χ0v) is 23.1. The summed E-state index contributed by atoms with van der Waals surface area (Å²) in [5, 5.41) is 5.35. The van der Waals surface area contributed by atoms with E-state index in [2.05, 4.69) is 26.6 Å². The number of benzene rings is 3. The van der Waals surface area contributed by atoms with E-state index in [9.17, 15) is 19.2 Å². The van der Waals surface area contributed by atoms with Crippen LogP contribution < -0.4 is 20.3 Å². The summed E-state index contributed by atoms with van der Waals surface area (Å²) in [4.78, 5) is 52.1. The molecule has 0 unspecified atom stereocenters. The number of halogens is 2. The van der Waals surface area contributed by atoms with Crippen LogP contribution in [0.4, 0.5) is 16.2 Å². The number of carbonyl (C=O) groups is 4. The van der Waals surface area contributed by atoms with Gasteiger partial charge < -0.3 is 10.1 Å². The number of anilines is 2. The number of aryl methyl sites for hydroxylation is 2. The SMILES string of the molecule is Cc1ccc(Cl)cc1N1C(=O)NC(=O)/C(=C\c2cc(Br)ccc2OCC(=O)Nc2cccc(C)c2C)C1=O. The molecule has 3 aromatic carbocycles. The summed E-state index contributed by atoms with van der Waals surface area (Å²) in [6.45, 7) is 5.28. The van der Waals surface area contributed by atoms with Crippen molar-refractivity contribution in [3.8, 4) is 5.75 Å². The smallest absolute Gasteiger partial charge is 0.335 e. The van der Waals surface area contributed by atoms with Crippen molar-refractivity contribution >= 4 is 68.7 Å². The van der Waals surface area contributed by atoms with Crippen LogP contribution in [-0.4, -0.2) is 30.4 Å². The number of ether oxygens (including phenoxy) is 1. The first-order valence-electron chi connectivity index (χ1n) is 11.5. The molecule has 0 bridgehead atoms. The predicted octanol–water partition coefficient (Wildman–Crippen LogP) is 5.71. The Kier molecular flexibility index (Phi) is 7.99. The number of nitrogens with one attached hydrogen (secondary N) is 2. The quantitative estimate of drug-likeness (QED) is 0.280. The molecule has 3 aromatic rings. The van der Waals surface area contributed by atoms with E-state index in [0.717, 1.165) is 16.0 Å². The van der Waals surface area contributed by atoms with E-state index in [1.165, 1.54) is 12.1 Å². The van der Waals surface area contributed by atoms with E-state index < -0.39 is 17.8 Å². The topological polar surface area (TPSA) is 105 Å². The predicted molar refractivity (Wildman–Crippen MR) is 149 cm³/mol. The zero-order valence-electron chi connectivity index (χ0n) is 20.7. The van der Waals surface area contributed by atoms with E-state index in [0.29, 0.717) is 26.3 Å². The van der Waals surface area contributed by atoms with Gasteiger partial charge in [0.2, 0.25) is 0 Å². The van der Waals surface area contributed by atoms with Crippen LogP contribution in [0, 0.1) is 20.8 Å². The van der Waals surface area contributed by atoms with Crippen molar-refractivity contribution in [1.29, 1.82) is 0 Å². The van der Waals surface area contributed by atoms with E-state index in [-0.39, 0.29) is 29.5 Å². The summed E-state index contributed by atoms with van der Waals surface area (Å²) in [6, 6.07) is 14.5. The van der Waals surface area contributed by atoms with Crippen LogP contribution in [0.1, 0.15) is 22.3 Å². The highest BCUT2D eigenvalue weighted by Gasteiger charge is 2.37. The second-order valence-corrected chi connectivity index (χ2v) is 10.0. The van der Waals surface area contributed by atoms with Crippen molar-refractivity contribution in [2.75, 3.05) is 16.8 Å². The highest BCUT2D eigenvalue weighted by Crippen LogP contribution is 2.30. The number of amides is 5. The number of hydrogen-bond acceptors (Lipinski definition) is 5. The van der Waals surface area contributed by atoms with E-state index in [1.807, 2.05) is 26.0 Å². The molecule has 1 aliphatic rings. The molecule has 1 saturated heterocycles. The standard InChI is InChI=1S/C28H23BrClN3O5/c1-15-5-4-6-22(17(15)3)31-25(34)14-38-24-10-8-19(29)11-18(24)12-21-26(35)32-28(37)33(27(21)36)23-13-20(30)9-7-16(23)2/h4-13H,14H2,1-3H3,(H,31,34)(H,32,35,37)/b21-12+. The molecule has 1 aliphatic heterocycles. The lowest BCUT2D eigenvalue weighted by atomic mass is 10.0. The van der Waals surface area contributed by atoms with Gasteiger partial charge in [-0.3, -0.25) is 19.7 Å². The van der Waals surface area contributed by atoms with Gasteiger partial charge in [-0.1, -0.05) is 45.7 Å². The number of hydrogen-bond donors (Lipinski definition) is 2. The molecule has 10 heteroatoms. The second kappa shape index (κ2) is 11.2. The van der Waals surface area contributed by atoms with Gasteiger partial charge in [0.1, 0.15) is 11.3 Å². The van der Waals surface area contributed by atoms with Crippen LogP contribution in [0.2, 0.25) is 5.02 Å². The zero-order chi connectivity index (χ0) is 27.6. The Balaban J connectivity index is 1.61. The van der Waals surface area contributed by atoms with Crippen molar-refractivity contribution in [2.45, 2.75) is 20.8 Å². The summed E-state index contributed by atoms with van der Waals surface area (Å²) < 4.78 is 6.41. The minimum atomic E-state index is -0.878. The van der Waals surface area contributed by atoms with Crippen LogP contribution in [0.25, 0.3) is 6.08 Å². The van der Waals surface area contributed by atoms with Crippen molar-refractivity contribution in [3.63, 3.8) is 0 Å². The lowest BCUT2D eigenvalue weighted by Gasteiger charge is -2.27. The summed E-state index contributed by atoms with van der Waals surface area (Å²) in [5.74, 6) is -1.78. The third-order valence-corrected chi connectivity index (χ3v) is 6.75. The molecular weight excluding hydrogens is 574 g/mol. The molecule has 194 valence electrons. The molecule has 0 saturated carbocycles.